The highest BCUT2D eigenvalue weighted by atomic mass is 16.5. The SMILES string of the molecule is C=C(C(=O)OC)n1ccc(=O)nc1NC(N)=O. The van der Waals surface area contributed by atoms with Gasteiger partial charge in [-0.1, -0.05) is 6.58 Å². The number of rotatable bonds is 3. The Morgan fingerprint density at radius 3 is 2.76 bits per heavy atom. The van der Waals surface area contributed by atoms with Gasteiger partial charge in [0.15, 0.2) is 0 Å². The molecule has 0 saturated carbocycles. The number of nitrogens with one attached hydrogen (secondary N) is 1. The van der Waals surface area contributed by atoms with Crippen LogP contribution in [0.2, 0.25) is 0 Å². The average Bonchev–Trinajstić information content (AvgIpc) is 2.26. The Labute approximate surface area is 95.7 Å². The van der Waals surface area contributed by atoms with Crippen molar-refractivity contribution >= 4 is 23.6 Å². The van der Waals surface area contributed by atoms with Crippen molar-refractivity contribution in [2.45, 2.75) is 0 Å². The monoisotopic (exact) mass is 238 g/mol. The van der Waals surface area contributed by atoms with Gasteiger partial charge in [-0.05, 0) is 0 Å². The maximum atomic E-state index is 11.2. The summed E-state index contributed by atoms with van der Waals surface area (Å²) >= 11 is 0. The van der Waals surface area contributed by atoms with Crippen molar-refractivity contribution in [1.29, 1.82) is 0 Å². The number of hydrogen-bond donors (Lipinski definition) is 2. The van der Waals surface area contributed by atoms with Crippen LogP contribution in [0.15, 0.2) is 23.6 Å². The first kappa shape index (κ1) is 12.4. The maximum absolute atomic E-state index is 11.2. The number of esters is 1. The number of amides is 2. The van der Waals surface area contributed by atoms with Crippen LogP contribution in [0.1, 0.15) is 0 Å². The Balaban J connectivity index is 3.23. The lowest BCUT2D eigenvalue weighted by Gasteiger charge is -2.11. The lowest BCUT2D eigenvalue weighted by Crippen LogP contribution is -2.26. The summed E-state index contributed by atoms with van der Waals surface area (Å²) < 4.78 is 5.53. The number of hydrogen-bond acceptors (Lipinski definition) is 5. The van der Waals surface area contributed by atoms with Gasteiger partial charge >= 0.3 is 12.0 Å². The topological polar surface area (TPSA) is 116 Å². The van der Waals surface area contributed by atoms with E-state index in [0.717, 1.165) is 10.6 Å². The summed E-state index contributed by atoms with van der Waals surface area (Å²) in [5.41, 5.74) is 4.18. The Kier molecular flexibility index (Phi) is 3.60. The molecule has 0 fully saturated rings. The average molecular weight is 238 g/mol. The first-order valence-corrected chi connectivity index (χ1v) is 4.39. The quantitative estimate of drug-likeness (QED) is 0.537. The molecule has 0 radical (unpaired) electrons. The number of aromatic nitrogens is 2. The molecule has 2 amide bonds. The number of carbonyl (C=O) groups excluding carboxylic acids is 2. The molecule has 0 bridgehead atoms. The maximum Gasteiger partial charge on any atom is 0.354 e. The molecule has 8 nitrogen and oxygen atoms in total. The minimum absolute atomic E-state index is 0.122. The third kappa shape index (κ3) is 2.91. The fraction of sp³-hybridized carbons (Fsp3) is 0.111. The van der Waals surface area contributed by atoms with Crippen LogP contribution in [0.5, 0.6) is 0 Å². The Hall–Kier alpha value is -2.64. The van der Waals surface area contributed by atoms with E-state index in [4.69, 9.17) is 5.73 Å². The Morgan fingerprint density at radius 2 is 2.24 bits per heavy atom. The largest absolute Gasteiger partial charge is 0.464 e. The minimum Gasteiger partial charge on any atom is -0.464 e. The van der Waals surface area contributed by atoms with Crippen LogP contribution >= 0.6 is 0 Å². The van der Waals surface area contributed by atoms with E-state index in [2.05, 4.69) is 21.6 Å². The highest BCUT2D eigenvalue weighted by Crippen LogP contribution is 2.09. The van der Waals surface area contributed by atoms with Crippen LogP contribution in [0.25, 0.3) is 5.70 Å². The van der Waals surface area contributed by atoms with Gasteiger partial charge in [0.25, 0.3) is 5.56 Å². The summed E-state index contributed by atoms with van der Waals surface area (Å²) in [5.74, 6) is -0.941. The van der Waals surface area contributed by atoms with Crippen LogP contribution in [0.4, 0.5) is 10.7 Å². The molecule has 0 aliphatic heterocycles. The zero-order chi connectivity index (χ0) is 13.0. The number of nitrogens with two attached hydrogens (primary N) is 1. The van der Waals surface area contributed by atoms with Crippen molar-refractivity contribution in [3.63, 3.8) is 0 Å². The molecule has 0 aliphatic carbocycles. The molecule has 17 heavy (non-hydrogen) atoms. The van der Waals surface area contributed by atoms with Crippen LogP contribution in [0.3, 0.4) is 0 Å². The Bertz CT molecular complexity index is 534. The number of anilines is 1. The van der Waals surface area contributed by atoms with Crippen LogP contribution in [-0.4, -0.2) is 28.7 Å². The third-order valence-electron chi connectivity index (χ3n) is 1.76. The standard InChI is InChI=1S/C9H10N4O4/c1-5(7(15)17-2)13-4-3-6(14)11-9(13)12-8(10)16/h3-4H,1H2,2H3,(H3,10,11,12,14,16). The van der Waals surface area contributed by atoms with Crippen molar-refractivity contribution in [3.05, 3.63) is 29.2 Å². The van der Waals surface area contributed by atoms with Crippen molar-refractivity contribution in [3.8, 4) is 0 Å². The molecule has 1 rings (SSSR count). The lowest BCUT2D eigenvalue weighted by molar-refractivity contribution is -0.134. The molecule has 0 saturated heterocycles. The number of methoxy groups -OCH3 is 1. The summed E-state index contributed by atoms with van der Waals surface area (Å²) in [4.78, 5) is 36.4. The second-order valence-corrected chi connectivity index (χ2v) is 2.89. The lowest BCUT2D eigenvalue weighted by atomic mass is 10.4. The van der Waals surface area contributed by atoms with Crippen LogP contribution in [-0.2, 0) is 9.53 Å². The number of primary amides is 1. The molecule has 8 heteroatoms. The molecule has 0 spiro atoms. The number of carbonyl (C=O) groups is 2. The summed E-state index contributed by atoms with van der Waals surface area (Å²) in [6.45, 7) is 3.45. The van der Waals surface area contributed by atoms with Gasteiger partial charge in [-0.3, -0.25) is 14.7 Å². The summed E-state index contributed by atoms with van der Waals surface area (Å²) in [7, 11) is 1.17. The molecular weight excluding hydrogens is 228 g/mol. The minimum atomic E-state index is -0.922. The van der Waals surface area contributed by atoms with E-state index in [1.54, 1.807) is 0 Å². The van der Waals surface area contributed by atoms with Crippen molar-refractivity contribution < 1.29 is 14.3 Å². The molecule has 0 aliphatic rings. The summed E-state index contributed by atoms with van der Waals surface area (Å²) in [5, 5.41) is 2.10. The predicted molar refractivity (Wildman–Crippen MR) is 59.0 cm³/mol. The Morgan fingerprint density at radius 1 is 1.59 bits per heavy atom. The van der Waals surface area contributed by atoms with Gasteiger partial charge in [0, 0.05) is 12.3 Å². The second-order valence-electron chi connectivity index (χ2n) is 2.89. The molecule has 3 N–H and O–H groups in total. The zero-order valence-corrected chi connectivity index (χ0v) is 8.97. The van der Waals surface area contributed by atoms with Gasteiger partial charge in [0.2, 0.25) is 5.95 Å². The fourth-order valence-electron chi connectivity index (χ4n) is 1.04. The molecule has 90 valence electrons. The van der Waals surface area contributed by atoms with E-state index < -0.39 is 17.6 Å². The molecular formula is C9H10N4O4. The van der Waals surface area contributed by atoms with Gasteiger partial charge in [0.05, 0.1) is 7.11 Å². The summed E-state index contributed by atoms with van der Waals surface area (Å²) in [6, 6.07) is 0.176. The van der Waals surface area contributed by atoms with Crippen LogP contribution < -0.4 is 16.6 Å². The van der Waals surface area contributed by atoms with Gasteiger partial charge in [-0.25, -0.2) is 9.59 Å². The van der Waals surface area contributed by atoms with Gasteiger partial charge < -0.3 is 10.5 Å². The van der Waals surface area contributed by atoms with E-state index >= 15 is 0 Å². The first-order chi connectivity index (χ1) is 7.95. The molecule has 0 atom stereocenters. The molecule has 0 aromatic carbocycles. The number of nitrogens with zero attached hydrogens (tertiary/aromatic N) is 2. The number of ether oxygens (including phenoxy) is 1. The normalized spacial score (nSPS) is 9.47. The van der Waals surface area contributed by atoms with E-state index in [9.17, 15) is 14.4 Å². The number of urea groups is 1. The molecule has 0 unspecified atom stereocenters. The smallest absolute Gasteiger partial charge is 0.354 e. The van der Waals surface area contributed by atoms with Crippen molar-refractivity contribution in [1.82, 2.24) is 9.55 Å². The van der Waals surface area contributed by atoms with Crippen molar-refractivity contribution in [2.75, 3.05) is 12.4 Å². The molecule has 1 heterocycles. The zero-order valence-electron chi connectivity index (χ0n) is 8.97. The van der Waals surface area contributed by atoms with E-state index in [1.807, 2.05) is 0 Å². The summed E-state index contributed by atoms with van der Waals surface area (Å²) in [6.07, 6.45) is 1.22. The third-order valence-corrected chi connectivity index (χ3v) is 1.76. The van der Waals surface area contributed by atoms with Crippen molar-refractivity contribution in [2.24, 2.45) is 5.73 Å². The molecule has 1 aromatic heterocycles. The van der Waals surface area contributed by atoms with Crippen LogP contribution in [0, 0.1) is 0 Å². The molecule has 1 aromatic rings. The van der Waals surface area contributed by atoms with Gasteiger partial charge in [0.1, 0.15) is 5.70 Å². The van der Waals surface area contributed by atoms with E-state index in [0.29, 0.717) is 0 Å². The highest BCUT2D eigenvalue weighted by molar-refractivity contribution is 6.09. The second kappa shape index (κ2) is 4.92. The van der Waals surface area contributed by atoms with Gasteiger partial charge in [-0.15, -0.1) is 0 Å². The van der Waals surface area contributed by atoms with E-state index in [1.165, 1.54) is 13.3 Å². The fourth-order valence-corrected chi connectivity index (χ4v) is 1.04. The predicted octanol–water partition coefficient (Wildman–Crippen LogP) is -0.622. The van der Waals surface area contributed by atoms with Gasteiger partial charge in [-0.2, -0.15) is 4.98 Å². The first-order valence-electron chi connectivity index (χ1n) is 4.39. The highest BCUT2D eigenvalue weighted by Gasteiger charge is 2.13. The van der Waals surface area contributed by atoms with E-state index in [-0.39, 0.29) is 11.6 Å².